The Labute approximate surface area is 132 Å². The molecule has 2 aromatic rings. The minimum Gasteiger partial charge on any atom is -0.324 e. The molecule has 108 valence electrons. The van der Waals surface area contributed by atoms with E-state index >= 15 is 0 Å². The number of halogens is 2. The Hall–Kier alpha value is -1.84. The summed E-state index contributed by atoms with van der Waals surface area (Å²) in [6, 6.07) is 13.5. The molecule has 1 amide bonds. The van der Waals surface area contributed by atoms with E-state index in [1.807, 2.05) is 6.07 Å². The van der Waals surface area contributed by atoms with E-state index in [1.165, 1.54) is 6.07 Å². The van der Waals surface area contributed by atoms with Crippen LogP contribution in [0, 0.1) is 0 Å². The van der Waals surface area contributed by atoms with Gasteiger partial charge < -0.3 is 5.32 Å². The smallest absolute Gasteiger partial charge is 0.242 e. The molecule has 2 aromatic carbocycles. The zero-order valence-electron chi connectivity index (χ0n) is 11.3. The Morgan fingerprint density at radius 1 is 1.10 bits per heavy atom. The van der Waals surface area contributed by atoms with Gasteiger partial charge in [0.25, 0.3) is 0 Å². The Kier molecular flexibility index (Phi) is 4.99. The molecule has 0 spiro atoms. The van der Waals surface area contributed by atoms with Gasteiger partial charge in [-0.1, -0.05) is 41.9 Å². The molecule has 3 nitrogen and oxygen atoms in total. The molecule has 1 N–H and O–H groups in total. The standard InChI is InChI=1S/C16H13Cl2NO2/c1-10(17)16(21)19-14-8-7-12(18)9-13(14)15(20)11-5-3-2-4-6-11/h2-10H,1H3,(H,19,21). The number of rotatable bonds is 4. The lowest BCUT2D eigenvalue weighted by Crippen LogP contribution is -2.22. The van der Waals surface area contributed by atoms with Gasteiger partial charge in [-0.25, -0.2) is 0 Å². The highest BCUT2D eigenvalue weighted by molar-refractivity contribution is 6.33. The molecule has 5 heteroatoms. The van der Waals surface area contributed by atoms with Crippen LogP contribution in [0.1, 0.15) is 22.8 Å². The molecular formula is C16H13Cl2NO2. The van der Waals surface area contributed by atoms with Gasteiger partial charge in [0, 0.05) is 16.1 Å². The molecule has 2 rings (SSSR count). The van der Waals surface area contributed by atoms with Crippen molar-refractivity contribution in [3.05, 3.63) is 64.7 Å². The predicted molar refractivity (Wildman–Crippen MR) is 85.3 cm³/mol. The third-order valence-electron chi connectivity index (χ3n) is 2.88. The third kappa shape index (κ3) is 3.84. The minimum absolute atomic E-state index is 0.212. The first-order valence-electron chi connectivity index (χ1n) is 6.33. The van der Waals surface area contributed by atoms with E-state index in [-0.39, 0.29) is 11.7 Å². The van der Waals surface area contributed by atoms with Crippen LogP contribution in [0.2, 0.25) is 5.02 Å². The fraction of sp³-hybridized carbons (Fsp3) is 0.125. The topological polar surface area (TPSA) is 46.2 Å². The number of benzene rings is 2. The number of nitrogens with one attached hydrogen (secondary N) is 1. The molecule has 0 aliphatic rings. The summed E-state index contributed by atoms with van der Waals surface area (Å²) in [4.78, 5) is 24.2. The molecule has 0 heterocycles. The summed E-state index contributed by atoms with van der Waals surface area (Å²) < 4.78 is 0. The first kappa shape index (κ1) is 15.5. The molecule has 0 aliphatic carbocycles. The molecule has 1 unspecified atom stereocenters. The highest BCUT2D eigenvalue weighted by Gasteiger charge is 2.17. The van der Waals surface area contributed by atoms with Crippen LogP contribution in [-0.4, -0.2) is 17.1 Å². The zero-order valence-corrected chi connectivity index (χ0v) is 12.8. The lowest BCUT2D eigenvalue weighted by molar-refractivity contribution is -0.115. The van der Waals surface area contributed by atoms with Crippen molar-refractivity contribution in [2.45, 2.75) is 12.3 Å². The minimum atomic E-state index is -0.694. The van der Waals surface area contributed by atoms with Gasteiger partial charge in [-0.2, -0.15) is 0 Å². The van der Waals surface area contributed by atoms with E-state index in [4.69, 9.17) is 23.2 Å². The fourth-order valence-corrected chi connectivity index (χ4v) is 2.02. The molecule has 0 fully saturated rings. The highest BCUT2D eigenvalue weighted by atomic mass is 35.5. The van der Waals surface area contributed by atoms with E-state index in [0.717, 1.165) is 0 Å². The second-order valence-corrected chi connectivity index (χ2v) is 5.58. The zero-order chi connectivity index (χ0) is 15.4. The summed E-state index contributed by atoms with van der Waals surface area (Å²) in [7, 11) is 0. The lowest BCUT2D eigenvalue weighted by Gasteiger charge is -2.12. The normalized spacial score (nSPS) is 11.8. The maximum absolute atomic E-state index is 12.5. The number of carbonyl (C=O) groups excluding carboxylic acids is 2. The number of amides is 1. The van der Waals surface area contributed by atoms with E-state index in [1.54, 1.807) is 43.3 Å². The van der Waals surface area contributed by atoms with Crippen molar-refractivity contribution in [3.8, 4) is 0 Å². The van der Waals surface area contributed by atoms with Crippen molar-refractivity contribution in [2.75, 3.05) is 5.32 Å². The molecule has 0 aromatic heterocycles. The van der Waals surface area contributed by atoms with Crippen molar-refractivity contribution < 1.29 is 9.59 Å². The van der Waals surface area contributed by atoms with Gasteiger partial charge in [0.2, 0.25) is 5.91 Å². The molecule has 1 atom stereocenters. The van der Waals surface area contributed by atoms with Gasteiger partial charge in [0.05, 0.1) is 5.69 Å². The van der Waals surface area contributed by atoms with Gasteiger partial charge >= 0.3 is 0 Å². The molecule has 0 aliphatic heterocycles. The number of alkyl halides is 1. The molecular weight excluding hydrogens is 309 g/mol. The van der Waals surface area contributed by atoms with Crippen molar-refractivity contribution in [3.63, 3.8) is 0 Å². The Balaban J connectivity index is 2.40. The second kappa shape index (κ2) is 6.74. The van der Waals surface area contributed by atoms with Gasteiger partial charge in [-0.05, 0) is 25.1 Å². The molecule has 0 bridgehead atoms. The summed E-state index contributed by atoms with van der Waals surface area (Å²) >= 11 is 11.7. The van der Waals surface area contributed by atoms with Crippen molar-refractivity contribution in [1.82, 2.24) is 0 Å². The number of hydrogen-bond acceptors (Lipinski definition) is 2. The van der Waals surface area contributed by atoms with Crippen LogP contribution >= 0.6 is 23.2 Å². The third-order valence-corrected chi connectivity index (χ3v) is 3.31. The first-order chi connectivity index (χ1) is 9.99. The SMILES string of the molecule is CC(Cl)C(=O)Nc1ccc(Cl)cc1C(=O)c1ccccc1. The van der Waals surface area contributed by atoms with E-state index in [2.05, 4.69) is 5.32 Å². The van der Waals surface area contributed by atoms with Crippen molar-refractivity contribution in [1.29, 1.82) is 0 Å². The summed E-state index contributed by atoms with van der Waals surface area (Å²) in [5.74, 6) is -0.586. The second-order valence-electron chi connectivity index (χ2n) is 4.49. The summed E-state index contributed by atoms with van der Waals surface area (Å²) in [5.41, 5.74) is 1.25. The number of carbonyl (C=O) groups is 2. The van der Waals surface area contributed by atoms with Gasteiger partial charge in [0.1, 0.15) is 5.38 Å². The summed E-state index contributed by atoms with van der Waals surface area (Å²) in [6.07, 6.45) is 0. The fourth-order valence-electron chi connectivity index (χ4n) is 1.79. The van der Waals surface area contributed by atoms with E-state index in [9.17, 15) is 9.59 Å². The number of anilines is 1. The van der Waals surface area contributed by atoms with E-state index < -0.39 is 5.38 Å². The summed E-state index contributed by atoms with van der Waals surface area (Å²) in [6.45, 7) is 1.56. The van der Waals surface area contributed by atoms with Crippen LogP contribution in [0.5, 0.6) is 0 Å². The monoisotopic (exact) mass is 321 g/mol. The molecule has 21 heavy (non-hydrogen) atoms. The highest BCUT2D eigenvalue weighted by Crippen LogP contribution is 2.24. The van der Waals surface area contributed by atoms with Crippen LogP contribution in [0.25, 0.3) is 0 Å². The van der Waals surface area contributed by atoms with Crippen LogP contribution < -0.4 is 5.32 Å². The maximum Gasteiger partial charge on any atom is 0.242 e. The largest absolute Gasteiger partial charge is 0.324 e. The van der Waals surface area contributed by atoms with E-state index in [0.29, 0.717) is 21.8 Å². The Morgan fingerprint density at radius 2 is 1.76 bits per heavy atom. The average molecular weight is 322 g/mol. The van der Waals surface area contributed by atoms with Crippen LogP contribution in [0.3, 0.4) is 0 Å². The Morgan fingerprint density at radius 3 is 2.38 bits per heavy atom. The summed E-state index contributed by atoms with van der Waals surface area (Å²) in [5, 5.41) is 2.37. The van der Waals surface area contributed by atoms with Gasteiger partial charge in [-0.3, -0.25) is 9.59 Å². The van der Waals surface area contributed by atoms with Crippen LogP contribution in [0.15, 0.2) is 48.5 Å². The maximum atomic E-state index is 12.5. The first-order valence-corrected chi connectivity index (χ1v) is 7.14. The molecule has 0 saturated heterocycles. The molecule has 0 saturated carbocycles. The number of hydrogen-bond donors (Lipinski definition) is 1. The van der Waals surface area contributed by atoms with Crippen molar-refractivity contribution >= 4 is 40.6 Å². The van der Waals surface area contributed by atoms with Crippen molar-refractivity contribution in [2.24, 2.45) is 0 Å². The Bertz CT molecular complexity index is 669. The lowest BCUT2D eigenvalue weighted by atomic mass is 10.0. The quantitative estimate of drug-likeness (QED) is 0.679. The number of ketones is 1. The van der Waals surface area contributed by atoms with Gasteiger partial charge in [0.15, 0.2) is 5.78 Å². The molecule has 0 radical (unpaired) electrons. The van der Waals surface area contributed by atoms with Crippen LogP contribution in [0.4, 0.5) is 5.69 Å². The van der Waals surface area contributed by atoms with Gasteiger partial charge in [-0.15, -0.1) is 11.6 Å². The predicted octanol–water partition coefficient (Wildman–Crippen LogP) is 4.14. The van der Waals surface area contributed by atoms with Crippen LogP contribution in [-0.2, 0) is 4.79 Å². The average Bonchev–Trinajstić information content (AvgIpc) is 2.49.